The van der Waals surface area contributed by atoms with Gasteiger partial charge in [0.2, 0.25) is 0 Å². The van der Waals surface area contributed by atoms with E-state index in [0.717, 1.165) is 6.04 Å². The van der Waals surface area contributed by atoms with E-state index in [1.807, 2.05) is 0 Å². The third-order valence-corrected chi connectivity index (χ3v) is 6.32. The Morgan fingerprint density at radius 1 is 0.826 bits per heavy atom. The van der Waals surface area contributed by atoms with E-state index in [4.69, 9.17) is 0 Å². The van der Waals surface area contributed by atoms with E-state index in [1.54, 1.807) is 16.7 Å². The topological polar surface area (TPSA) is 3.24 Å². The highest BCUT2D eigenvalue weighted by Gasteiger charge is 2.39. The van der Waals surface area contributed by atoms with Crippen LogP contribution in [0.25, 0.3) is 6.08 Å². The Morgan fingerprint density at radius 3 is 2.22 bits per heavy atom. The van der Waals surface area contributed by atoms with Gasteiger partial charge in [0.25, 0.3) is 0 Å². The molecule has 0 saturated carbocycles. The van der Waals surface area contributed by atoms with Crippen LogP contribution in [0.1, 0.15) is 35.1 Å². The van der Waals surface area contributed by atoms with Crippen LogP contribution in [0.2, 0.25) is 0 Å². The highest BCUT2D eigenvalue weighted by molar-refractivity contribution is 5.65. The Morgan fingerprint density at radius 2 is 1.48 bits per heavy atom. The van der Waals surface area contributed by atoms with Crippen LogP contribution in [0.5, 0.6) is 0 Å². The predicted octanol–water partition coefficient (Wildman–Crippen LogP) is 4.21. The molecule has 2 aromatic rings. The van der Waals surface area contributed by atoms with E-state index in [1.165, 1.54) is 44.3 Å². The Hall–Kier alpha value is -1.86. The van der Waals surface area contributed by atoms with Gasteiger partial charge in [0.15, 0.2) is 0 Å². The molecule has 0 bridgehead atoms. The van der Waals surface area contributed by atoms with Crippen molar-refractivity contribution in [1.29, 1.82) is 0 Å². The molecular formula is C22H23N. The van der Waals surface area contributed by atoms with Crippen LogP contribution in [-0.2, 0) is 18.3 Å². The first-order chi connectivity index (χ1) is 11.3. The summed E-state index contributed by atoms with van der Waals surface area (Å²) < 4.78 is 0. The van der Waals surface area contributed by atoms with Crippen LogP contribution in [0.3, 0.4) is 0 Å². The lowest BCUT2D eigenvalue weighted by Crippen LogP contribution is -2.46. The fourth-order valence-corrected chi connectivity index (χ4v) is 4.95. The van der Waals surface area contributed by atoms with Gasteiger partial charge in [0, 0.05) is 11.5 Å². The van der Waals surface area contributed by atoms with Gasteiger partial charge in [0.1, 0.15) is 0 Å². The van der Waals surface area contributed by atoms with Crippen LogP contribution in [0.4, 0.5) is 0 Å². The second-order valence-corrected chi connectivity index (χ2v) is 7.44. The molecule has 116 valence electrons. The van der Waals surface area contributed by atoms with Gasteiger partial charge in [0.05, 0.1) is 0 Å². The summed E-state index contributed by atoms with van der Waals surface area (Å²) in [6.45, 7) is 2.47. The standard InChI is InChI=1S/C22H23N/c1-2-7-19-16-20(15-18(19)6-1)23-13-11-22(12-14-23)10-9-17-5-3-4-8-21(17)22/h1-10,20H,11-16H2. The van der Waals surface area contributed by atoms with Crippen molar-refractivity contribution in [1.82, 2.24) is 4.90 Å². The van der Waals surface area contributed by atoms with Crippen molar-refractivity contribution < 1.29 is 0 Å². The smallest absolute Gasteiger partial charge is 0.0176 e. The summed E-state index contributed by atoms with van der Waals surface area (Å²) in [6.07, 6.45) is 9.86. The molecule has 1 fully saturated rings. The molecule has 5 rings (SSSR count). The molecule has 0 aromatic heterocycles. The van der Waals surface area contributed by atoms with Crippen molar-refractivity contribution in [3.63, 3.8) is 0 Å². The molecule has 1 heterocycles. The maximum Gasteiger partial charge on any atom is 0.0176 e. The third kappa shape index (κ3) is 2.10. The van der Waals surface area contributed by atoms with Gasteiger partial charge in [-0.25, -0.2) is 0 Å². The Balaban J connectivity index is 1.32. The molecule has 0 N–H and O–H groups in total. The maximum atomic E-state index is 2.75. The van der Waals surface area contributed by atoms with Gasteiger partial charge in [-0.2, -0.15) is 0 Å². The number of fused-ring (bicyclic) bond motifs is 3. The number of allylic oxidation sites excluding steroid dienone is 1. The van der Waals surface area contributed by atoms with Crippen LogP contribution in [-0.4, -0.2) is 24.0 Å². The van der Waals surface area contributed by atoms with Gasteiger partial charge in [-0.05, 0) is 61.0 Å². The Kier molecular flexibility index (Phi) is 2.99. The van der Waals surface area contributed by atoms with E-state index in [2.05, 4.69) is 65.6 Å². The average Bonchev–Trinajstić information content (AvgIpc) is 3.19. The first-order valence-corrected chi connectivity index (χ1v) is 8.94. The first kappa shape index (κ1) is 13.6. The molecule has 3 aliphatic rings. The van der Waals surface area contributed by atoms with E-state index < -0.39 is 0 Å². The fraction of sp³-hybridized carbons (Fsp3) is 0.364. The summed E-state index contributed by atoms with van der Waals surface area (Å²) in [4.78, 5) is 2.75. The normalized spacial score (nSPS) is 22.4. The van der Waals surface area contributed by atoms with Gasteiger partial charge >= 0.3 is 0 Å². The lowest BCUT2D eigenvalue weighted by Gasteiger charge is -2.41. The zero-order chi connectivity index (χ0) is 15.3. The van der Waals surface area contributed by atoms with Crippen molar-refractivity contribution in [3.05, 3.63) is 76.9 Å². The molecule has 1 heteroatoms. The van der Waals surface area contributed by atoms with Crippen LogP contribution in [0.15, 0.2) is 54.6 Å². The van der Waals surface area contributed by atoms with Crippen molar-refractivity contribution in [3.8, 4) is 0 Å². The number of rotatable bonds is 1. The van der Waals surface area contributed by atoms with Crippen LogP contribution >= 0.6 is 0 Å². The molecule has 23 heavy (non-hydrogen) atoms. The highest BCUT2D eigenvalue weighted by atomic mass is 15.2. The number of piperidine rings is 1. The molecule has 1 nitrogen and oxygen atoms in total. The minimum atomic E-state index is 0.318. The third-order valence-electron chi connectivity index (χ3n) is 6.32. The Labute approximate surface area is 138 Å². The largest absolute Gasteiger partial charge is 0.300 e. The molecular weight excluding hydrogens is 278 g/mol. The molecule has 0 radical (unpaired) electrons. The highest BCUT2D eigenvalue weighted by Crippen LogP contribution is 2.44. The van der Waals surface area contributed by atoms with E-state index in [0.29, 0.717) is 5.41 Å². The summed E-state index contributed by atoms with van der Waals surface area (Å²) in [5, 5.41) is 0. The molecule has 1 aliphatic heterocycles. The molecule has 1 spiro atoms. The quantitative estimate of drug-likeness (QED) is 0.762. The summed E-state index contributed by atoms with van der Waals surface area (Å²) >= 11 is 0. The van der Waals surface area contributed by atoms with Crippen LogP contribution < -0.4 is 0 Å². The molecule has 0 amide bonds. The average molecular weight is 301 g/mol. The van der Waals surface area contributed by atoms with Gasteiger partial charge in [-0.1, -0.05) is 60.7 Å². The van der Waals surface area contributed by atoms with E-state index >= 15 is 0 Å². The zero-order valence-corrected chi connectivity index (χ0v) is 13.5. The van der Waals surface area contributed by atoms with Crippen molar-refractivity contribution in [2.75, 3.05) is 13.1 Å². The summed E-state index contributed by atoms with van der Waals surface area (Å²) in [7, 11) is 0. The number of hydrogen-bond acceptors (Lipinski definition) is 1. The van der Waals surface area contributed by atoms with E-state index in [-0.39, 0.29) is 0 Å². The van der Waals surface area contributed by atoms with Crippen molar-refractivity contribution in [2.45, 2.75) is 37.1 Å². The van der Waals surface area contributed by atoms with Crippen LogP contribution in [0, 0.1) is 0 Å². The number of hydrogen-bond donors (Lipinski definition) is 0. The molecule has 2 aromatic carbocycles. The second-order valence-electron chi connectivity index (χ2n) is 7.44. The minimum absolute atomic E-state index is 0.318. The van der Waals surface area contributed by atoms with Gasteiger partial charge in [-0.15, -0.1) is 0 Å². The van der Waals surface area contributed by atoms with Crippen molar-refractivity contribution in [2.24, 2.45) is 0 Å². The first-order valence-electron chi connectivity index (χ1n) is 8.94. The molecule has 0 atom stereocenters. The number of benzene rings is 2. The fourth-order valence-electron chi connectivity index (χ4n) is 4.95. The summed E-state index contributed by atoms with van der Waals surface area (Å²) in [5.41, 5.74) is 6.47. The van der Waals surface area contributed by atoms with Gasteiger partial charge < -0.3 is 0 Å². The summed E-state index contributed by atoms with van der Waals surface area (Å²) in [5.74, 6) is 0. The molecule has 2 aliphatic carbocycles. The SMILES string of the molecule is C1=CC2(CCN(C3Cc4ccccc4C3)CC2)c2ccccc21. The maximum absolute atomic E-state index is 2.75. The van der Waals surface area contributed by atoms with Gasteiger partial charge in [-0.3, -0.25) is 4.90 Å². The molecule has 0 unspecified atom stereocenters. The lowest BCUT2D eigenvalue weighted by atomic mass is 9.74. The van der Waals surface area contributed by atoms with E-state index in [9.17, 15) is 0 Å². The second kappa shape index (κ2) is 5.07. The summed E-state index contributed by atoms with van der Waals surface area (Å²) in [6, 6.07) is 18.7. The minimum Gasteiger partial charge on any atom is -0.300 e. The monoisotopic (exact) mass is 301 g/mol. The Bertz CT molecular complexity index is 740. The lowest BCUT2D eigenvalue weighted by molar-refractivity contribution is 0.136. The zero-order valence-electron chi connectivity index (χ0n) is 13.5. The predicted molar refractivity (Wildman–Crippen MR) is 95.6 cm³/mol. The number of likely N-dealkylation sites (tertiary alicyclic amines) is 1. The number of nitrogens with zero attached hydrogens (tertiary/aromatic N) is 1. The van der Waals surface area contributed by atoms with Crippen molar-refractivity contribution >= 4 is 6.08 Å². The molecule has 1 saturated heterocycles.